The van der Waals surface area contributed by atoms with Crippen LogP contribution in [0.5, 0.6) is 0 Å². The molecule has 0 radical (unpaired) electrons. The molecule has 2 unspecified atom stereocenters. The summed E-state index contributed by atoms with van der Waals surface area (Å²) in [5.41, 5.74) is -1.72. The van der Waals surface area contributed by atoms with Gasteiger partial charge in [-0.15, -0.1) is 0 Å². The molecule has 4 aromatic carbocycles. The average Bonchev–Trinajstić information content (AvgIpc) is 0.786. The molecule has 2 aliphatic heterocycles. The molecule has 2 aromatic heterocycles. The van der Waals surface area contributed by atoms with Gasteiger partial charge in [-0.3, -0.25) is 28.8 Å². The van der Waals surface area contributed by atoms with Crippen LogP contribution >= 0.6 is 27.0 Å². The first kappa shape index (κ1) is 87.4. The van der Waals surface area contributed by atoms with Crippen LogP contribution in [0.25, 0.3) is 22.3 Å². The largest absolute Gasteiger partial charge is 1.00 e. The molecule has 100 heavy (non-hydrogen) atoms. The van der Waals surface area contributed by atoms with Crippen molar-refractivity contribution in [3.63, 3.8) is 0 Å². The van der Waals surface area contributed by atoms with Gasteiger partial charge in [-0.2, -0.15) is 53.3 Å². The number of amides is 2. The van der Waals surface area contributed by atoms with Gasteiger partial charge in [0.1, 0.15) is 35.4 Å². The summed E-state index contributed by atoms with van der Waals surface area (Å²) in [5.74, 6) is -8.61. The zero-order chi connectivity index (χ0) is 71.0. The Bertz CT molecular complexity index is 3950. The summed E-state index contributed by atoms with van der Waals surface area (Å²) in [6, 6.07) is 8.33. The summed E-state index contributed by atoms with van der Waals surface area (Å²) in [5, 5.41) is 14.8. The Hall–Kier alpha value is -6.86. The third-order valence-electron chi connectivity index (χ3n) is 17.6. The maximum atomic E-state index is 16.6. The number of benzene rings is 4. The number of carbonyl (C=O) groups excluding carboxylic acids is 3. The number of hydrogen-bond donors (Lipinski definition) is 3. The molecule has 8 rings (SSSR count). The molecule has 0 bridgehead atoms. The molecule has 2 aliphatic rings. The summed E-state index contributed by atoms with van der Waals surface area (Å²) < 4.78 is 156. The van der Waals surface area contributed by atoms with E-state index < -0.39 is 130 Å². The summed E-state index contributed by atoms with van der Waals surface area (Å²) in [6.07, 6.45) is -7.16. The van der Waals surface area contributed by atoms with E-state index in [0.29, 0.717) is 47.5 Å². The first-order valence-corrected chi connectivity index (χ1v) is 32.2. The number of likely N-dealkylation sites (tertiary alicyclic amines) is 2. The number of ether oxygens (including phenoxy) is 1. The number of pyridine rings is 2. The van der Waals surface area contributed by atoms with Crippen LogP contribution in [0.15, 0.2) is 82.6 Å². The Morgan fingerprint density at radius 3 is 1.18 bits per heavy atom. The second kappa shape index (κ2) is 37.4. The Labute approximate surface area is 602 Å². The number of aromatic nitrogens is 2. The van der Waals surface area contributed by atoms with Crippen molar-refractivity contribution < 1.29 is 97.3 Å². The number of rotatable bonds is 25. The SMILES string of the molecule is CCOC(=O)C[C@H](NC(=O)C(CC(C)C)n1cc(CCN2CCC2)c(C(F)(F)F)cc1=O)c1c(F)c(C)cc(-c2c(C)cccc2C)c1F.Cc1cc(-c2c(C)cccc2C)c(F)c([C@H](CC(=O)O)NC(=O)C(CC(C)C)n2cc(CCN3CCC3)c(C(F)(F)F)cc2=O)c1F.S.S.[Li+].[OH-]. The van der Waals surface area contributed by atoms with Crippen molar-refractivity contribution in [1.29, 1.82) is 0 Å². The predicted octanol–water partition coefficient (Wildman–Crippen LogP) is 11.3. The third kappa shape index (κ3) is 21.4. The molecular weight excluding hydrogens is 1350 g/mol. The predicted molar refractivity (Wildman–Crippen MR) is 368 cm³/mol. The molecule has 15 nitrogen and oxygen atoms in total. The van der Waals surface area contributed by atoms with Crippen LogP contribution in [0.2, 0.25) is 0 Å². The molecule has 0 aliphatic carbocycles. The number of aliphatic carboxylic acids is 1. The molecule has 2 saturated heterocycles. The Balaban J connectivity index is 0.000000501. The van der Waals surface area contributed by atoms with E-state index in [1.165, 1.54) is 26.0 Å². The number of aryl methyl sites for hydroxylation is 6. The molecule has 28 heteroatoms. The number of hydrogen-bond acceptors (Lipinski definition) is 10. The minimum Gasteiger partial charge on any atom is -0.870 e. The van der Waals surface area contributed by atoms with Crippen LogP contribution in [0.4, 0.5) is 43.9 Å². The Kier molecular flexibility index (Phi) is 32.6. The first-order valence-electron chi connectivity index (χ1n) is 32.2. The number of halogens is 10. The number of nitrogens with zero attached hydrogens (tertiary/aromatic N) is 4. The maximum Gasteiger partial charge on any atom is 1.00 e. The normalized spacial score (nSPS) is 14.3. The van der Waals surface area contributed by atoms with Crippen LogP contribution < -0.4 is 40.6 Å². The van der Waals surface area contributed by atoms with Crippen LogP contribution in [0.1, 0.15) is 164 Å². The summed E-state index contributed by atoms with van der Waals surface area (Å²) in [6.45, 7) is 22.2. The molecule has 4 atom stereocenters. The Morgan fingerprint density at radius 2 is 0.890 bits per heavy atom. The first-order chi connectivity index (χ1) is 45.0. The number of carboxylic acid groups (broad SMARTS) is 1. The fourth-order valence-corrected chi connectivity index (χ4v) is 12.5. The van der Waals surface area contributed by atoms with Crippen LogP contribution in [0, 0.1) is 76.6 Å². The molecule has 544 valence electrons. The minimum absolute atomic E-state index is 0. The van der Waals surface area contributed by atoms with E-state index in [0.717, 1.165) is 71.7 Å². The standard InChI is InChI=1S/C37H44F5N3O4.C35H40F5N3O4.Li.H2O.2H2S/c1-7-49-31(47)19-28(33-34(38)24(6)17-26(35(33)39)32-22(4)10-8-11-23(32)5)43-36(48)29(16-21(2)3)45-20-25(12-15-44-13-9-14-44)27(18-30(45)46)37(40,41)42;1-19(2)14-27(43-18-23(10-13-42-11-7-12-42)25(16-28(43)44)35(38,39)40)34(47)41-26(17-29(45)46)31-32(36)22(5)15-24(33(31)37)30-20(3)8-6-9-21(30)4;;;;/h8,10-11,17-18,20-21,28-29H,7,9,12-16,19H2,1-6H3,(H,43,48);6,8-9,15-16,18-19,26-27H,7,10-14,17H2,1-5H3,(H,41,47)(H,45,46);;3*1H2/q;;+1;;;/p-1/t28-,29?;26-,27?;;;;/m00..../s1. The number of alkyl halides is 6. The molecular formula is C72H89F10LiN6O9S2. The number of carbonyl (C=O) groups is 4. The molecule has 4 N–H and O–H groups in total. The van der Waals surface area contributed by atoms with Gasteiger partial charge in [0.15, 0.2) is 0 Å². The second-order valence-corrected chi connectivity index (χ2v) is 25.9. The fraction of sp³-hybridized carbons (Fsp3) is 0.472. The molecule has 0 saturated carbocycles. The van der Waals surface area contributed by atoms with Gasteiger partial charge < -0.3 is 44.9 Å². The van der Waals surface area contributed by atoms with Crippen molar-refractivity contribution in [3.8, 4) is 22.3 Å². The van der Waals surface area contributed by atoms with Gasteiger partial charge in [0.05, 0.1) is 42.7 Å². The molecule has 2 fully saturated rings. The van der Waals surface area contributed by atoms with E-state index in [-0.39, 0.29) is 129 Å². The smallest absolute Gasteiger partial charge is 0.870 e. The van der Waals surface area contributed by atoms with Crippen LogP contribution in [-0.4, -0.2) is 99.1 Å². The van der Waals surface area contributed by atoms with Gasteiger partial charge in [-0.1, -0.05) is 64.1 Å². The zero-order valence-corrected chi connectivity index (χ0v) is 60.3. The second-order valence-electron chi connectivity index (χ2n) is 25.9. The summed E-state index contributed by atoms with van der Waals surface area (Å²) in [7, 11) is 0. The van der Waals surface area contributed by atoms with Gasteiger partial charge in [0.2, 0.25) is 11.8 Å². The quantitative estimate of drug-likeness (QED) is 0.0280. The van der Waals surface area contributed by atoms with Gasteiger partial charge in [-0.25, -0.2) is 17.6 Å². The van der Waals surface area contributed by atoms with Gasteiger partial charge in [-0.05, 0) is 193 Å². The third-order valence-corrected chi connectivity index (χ3v) is 17.6. The van der Waals surface area contributed by atoms with Crippen molar-refractivity contribution in [2.24, 2.45) is 11.8 Å². The van der Waals surface area contributed by atoms with Crippen LogP contribution in [0.3, 0.4) is 0 Å². The number of nitrogens with one attached hydrogen (secondary N) is 2. The maximum absolute atomic E-state index is 16.6. The molecule has 0 spiro atoms. The number of esters is 1. The van der Waals surface area contributed by atoms with Crippen molar-refractivity contribution in [1.82, 2.24) is 29.6 Å². The van der Waals surface area contributed by atoms with Crippen molar-refractivity contribution in [2.45, 2.75) is 164 Å². The van der Waals surface area contributed by atoms with Crippen LogP contribution in [-0.2, 0) is 49.1 Å². The topological polar surface area (TPSA) is 202 Å². The fourth-order valence-electron chi connectivity index (χ4n) is 12.5. The average molecular weight is 1440 g/mol. The molecule has 2 amide bonds. The van der Waals surface area contributed by atoms with E-state index in [1.807, 2.05) is 15.9 Å². The van der Waals surface area contributed by atoms with Crippen molar-refractivity contribution >= 4 is 50.7 Å². The summed E-state index contributed by atoms with van der Waals surface area (Å²) >= 11 is 0. The van der Waals surface area contributed by atoms with Crippen molar-refractivity contribution in [3.05, 3.63) is 184 Å². The number of carboxylic acids is 1. The molecule has 6 aromatic rings. The van der Waals surface area contributed by atoms with E-state index >= 15 is 17.6 Å². The van der Waals surface area contributed by atoms with E-state index in [2.05, 4.69) is 10.6 Å². The monoisotopic (exact) mass is 1440 g/mol. The molecule has 4 heterocycles. The van der Waals surface area contributed by atoms with Gasteiger partial charge in [0.25, 0.3) is 11.1 Å². The van der Waals surface area contributed by atoms with E-state index in [1.54, 1.807) is 92.6 Å². The van der Waals surface area contributed by atoms with Gasteiger partial charge >= 0.3 is 43.2 Å². The van der Waals surface area contributed by atoms with Gasteiger partial charge in [0, 0.05) is 59.9 Å². The van der Waals surface area contributed by atoms with Crippen molar-refractivity contribution in [2.75, 3.05) is 45.9 Å². The Morgan fingerprint density at radius 1 is 0.550 bits per heavy atom. The minimum atomic E-state index is -4.81. The van der Waals surface area contributed by atoms with E-state index in [9.17, 15) is 60.2 Å². The zero-order valence-electron chi connectivity index (χ0n) is 58.3. The summed E-state index contributed by atoms with van der Waals surface area (Å²) in [4.78, 5) is 83.3. The van der Waals surface area contributed by atoms with E-state index in [4.69, 9.17) is 4.74 Å².